The molecule has 1 aliphatic rings. The number of hydrogen-bond donors (Lipinski definition) is 1. The van der Waals surface area contributed by atoms with Crippen LogP contribution in [0.5, 0.6) is 0 Å². The molecular formula is C16H17N5O6. The third-order valence-electron chi connectivity index (χ3n) is 4.08. The highest BCUT2D eigenvalue weighted by molar-refractivity contribution is 6.02. The van der Waals surface area contributed by atoms with Gasteiger partial charge in [0, 0.05) is 19.2 Å². The van der Waals surface area contributed by atoms with Crippen LogP contribution >= 0.6 is 0 Å². The van der Waals surface area contributed by atoms with Gasteiger partial charge in [0.25, 0.3) is 5.91 Å². The zero-order chi connectivity index (χ0) is 19.6. The van der Waals surface area contributed by atoms with Crippen molar-refractivity contribution >= 4 is 23.7 Å². The number of esters is 1. The van der Waals surface area contributed by atoms with E-state index < -0.39 is 29.6 Å². The number of hydrogen-bond acceptors (Lipinski definition) is 8. The van der Waals surface area contributed by atoms with E-state index in [1.165, 1.54) is 28.9 Å². The molecule has 2 aromatic rings. The van der Waals surface area contributed by atoms with Gasteiger partial charge < -0.3 is 14.6 Å². The van der Waals surface area contributed by atoms with Crippen molar-refractivity contribution in [3.8, 4) is 5.69 Å². The maximum atomic E-state index is 13.0. The zero-order valence-corrected chi connectivity index (χ0v) is 14.6. The van der Waals surface area contributed by atoms with Gasteiger partial charge in [0.2, 0.25) is 6.10 Å². The number of anilines is 1. The second-order valence-electron chi connectivity index (χ2n) is 5.96. The summed E-state index contributed by atoms with van der Waals surface area (Å²) < 4.78 is 11.8. The average Bonchev–Trinajstić information content (AvgIpc) is 3.12. The number of carboxylic acids is 1. The monoisotopic (exact) mass is 375 g/mol. The molecule has 1 saturated heterocycles. The number of nitrogens with zero attached hydrogens (tertiary/aromatic N) is 5. The second-order valence-corrected chi connectivity index (χ2v) is 5.96. The Hall–Kier alpha value is -3.34. The first-order valence-electron chi connectivity index (χ1n) is 8.01. The van der Waals surface area contributed by atoms with E-state index in [0.29, 0.717) is 11.5 Å². The van der Waals surface area contributed by atoms with Gasteiger partial charge in [0.1, 0.15) is 0 Å². The highest BCUT2D eigenvalue weighted by atomic mass is 16.6. The van der Waals surface area contributed by atoms with Crippen molar-refractivity contribution in [2.45, 2.75) is 25.6 Å². The Bertz CT molecular complexity index is 869. The lowest BCUT2D eigenvalue weighted by Crippen LogP contribution is -2.63. The van der Waals surface area contributed by atoms with Gasteiger partial charge in [0.15, 0.2) is 11.4 Å². The Morgan fingerprint density at radius 3 is 2.78 bits per heavy atom. The van der Waals surface area contributed by atoms with Gasteiger partial charge in [-0.25, -0.2) is 9.48 Å². The number of ether oxygens (including phenoxy) is 2. The van der Waals surface area contributed by atoms with E-state index in [1.54, 1.807) is 18.3 Å². The predicted octanol–water partition coefficient (Wildman–Crippen LogP) is -0.199. The largest absolute Gasteiger partial charge is 0.478 e. The van der Waals surface area contributed by atoms with Crippen LogP contribution in [0.1, 0.15) is 13.8 Å². The summed E-state index contributed by atoms with van der Waals surface area (Å²) >= 11 is 0. The minimum Gasteiger partial charge on any atom is -0.478 e. The van der Waals surface area contributed by atoms with E-state index in [4.69, 9.17) is 9.47 Å². The van der Waals surface area contributed by atoms with Gasteiger partial charge in [-0.1, -0.05) is 0 Å². The molecule has 2 atom stereocenters. The van der Waals surface area contributed by atoms with Gasteiger partial charge in [0.05, 0.1) is 31.2 Å². The van der Waals surface area contributed by atoms with Crippen LogP contribution < -0.4 is 4.90 Å². The average molecular weight is 375 g/mol. The number of morpholine rings is 1. The number of rotatable bonds is 5. The molecule has 1 fully saturated rings. The van der Waals surface area contributed by atoms with Crippen molar-refractivity contribution < 1.29 is 29.0 Å². The number of carbonyl (C=O) groups excluding carboxylic acids is 2. The highest BCUT2D eigenvalue weighted by Crippen LogP contribution is 2.29. The molecule has 1 amide bonds. The summed E-state index contributed by atoms with van der Waals surface area (Å²) in [6.07, 6.45) is 2.86. The molecule has 3 heterocycles. The van der Waals surface area contributed by atoms with Crippen LogP contribution in [0, 0.1) is 0 Å². The molecular weight excluding hydrogens is 358 g/mol. The highest BCUT2D eigenvalue weighted by Gasteiger charge is 2.53. The molecule has 0 aromatic carbocycles. The van der Waals surface area contributed by atoms with Crippen LogP contribution in [0.2, 0.25) is 0 Å². The van der Waals surface area contributed by atoms with E-state index >= 15 is 0 Å². The Morgan fingerprint density at radius 1 is 1.37 bits per heavy atom. The Balaban J connectivity index is 1.90. The maximum absolute atomic E-state index is 13.0. The van der Waals surface area contributed by atoms with Gasteiger partial charge in [-0.15, -0.1) is 5.10 Å². The predicted molar refractivity (Wildman–Crippen MR) is 89.1 cm³/mol. The van der Waals surface area contributed by atoms with Crippen molar-refractivity contribution in [1.82, 2.24) is 20.0 Å². The van der Waals surface area contributed by atoms with Crippen LogP contribution in [0.25, 0.3) is 5.69 Å². The number of carboxylic acid groups (broad SMARTS) is 1. The van der Waals surface area contributed by atoms with Crippen LogP contribution in [-0.4, -0.2) is 67.8 Å². The first-order valence-corrected chi connectivity index (χ1v) is 8.01. The standard InChI is InChI=1S/C16H17N5O6/c1-10(22)27-13(14(23)24)16(2)15(25)20(7-8-26-16)12-4-6-21(19-12)11-3-5-17-18-9-11/h3-6,9,13H,7-8H2,1-2H3,(H,23,24)/t13?,16-/m1/s1. The number of aliphatic carboxylic acids is 1. The van der Waals surface area contributed by atoms with Crippen LogP contribution in [0.15, 0.2) is 30.7 Å². The minimum absolute atomic E-state index is 0.0525. The third kappa shape index (κ3) is 3.49. The SMILES string of the molecule is CC(=O)OC(C(=O)O)[C@@]1(C)OCCN(c2ccn(-c3ccnnc3)n2)C1=O. The molecule has 0 spiro atoms. The van der Waals surface area contributed by atoms with Gasteiger partial charge in [-0.3, -0.25) is 14.5 Å². The molecule has 0 aliphatic carbocycles. The Kier molecular flexibility index (Phi) is 4.86. The number of carbonyl (C=O) groups is 3. The van der Waals surface area contributed by atoms with Gasteiger partial charge >= 0.3 is 11.9 Å². The first kappa shape index (κ1) is 18.5. The molecule has 11 heteroatoms. The fourth-order valence-electron chi connectivity index (χ4n) is 2.77. The number of amides is 1. The first-order chi connectivity index (χ1) is 12.8. The smallest absolute Gasteiger partial charge is 0.348 e. The normalized spacial score (nSPS) is 21.0. The van der Waals surface area contributed by atoms with Crippen molar-refractivity contribution in [3.05, 3.63) is 30.7 Å². The topological polar surface area (TPSA) is 137 Å². The lowest BCUT2D eigenvalue weighted by molar-refractivity contribution is -0.193. The van der Waals surface area contributed by atoms with E-state index in [2.05, 4.69) is 15.3 Å². The molecule has 0 saturated carbocycles. The van der Waals surface area contributed by atoms with E-state index in [9.17, 15) is 19.5 Å². The van der Waals surface area contributed by atoms with E-state index in [-0.39, 0.29) is 13.2 Å². The fourth-order valence-corrected chi connectivity index (χ4v) is 2.77. The fraction of sp³-hybridized carbons (Fsp3) is 0.375. The van der Waals surface area contributed by atoms with Crippen LogP contribution in [-0.2, 0) is 23.9 Å². The van der Waals surface area contributed by atoms with E-state index in [0.717, 1.165) is 6.92 Å². The van der Waals surface area contributed by atoms with Crippen LogP contribution in [0.3, 0.4) is 0 Å². The summed E-state index contributed by atoms with van der Waals surface area (Å²) in [6, 6.07) is 3.29. The molecule has 3 rings (SSSR count). The van der Waals surface area contributed by atoms with E-state index in [1.807, 2.05) is 0 Å². The third-order valence-corrected chi connectivity index (χ3v) is 4.08. The summed E-state index contributed by atoms with van der Waals surface area (Å²) in [5, 5.41) is 21.2. The molecule has 142 valence electrons. The van der Waals surface area contributed by atoms with Gasteiger partial charge in [-0.05, 0) is 13.0 Å². The molecule has 0 bridgehead atoms. The van der Waals surface area contributed by atoms with Crippen molar-refractivity contribution in [2.24, 2.45) is 0 Å². The van der Waals surface area contributed by atoms with Crippen molar-refractivity contribution in [1.29, 1.82) is 0 Å². The van der Waals surface area contributed by atoms with Gasteiger partial charge in [-0.2, -0.15) is 10.2 Å². The molecule has 27 heavy (non-hydrogen) atoms. The van der Waals surface area contributed by atoms with Crippen molar-refractivity contribution in [2.75, 3.05) is 18.1 Å². The summed E-state index contributed by atoms with van der Waals surface area (Å²) in [5.74, 6) is -2.67. The molecule has 1 N–H and O–H groups in total. The quantitative estimate of drug-likeness (QED) is 0.704. The van der Waals surface area contributed by atoms with Crippen molar-refractivity contribution in [3.63, 3.8) is 0 Å². The summed E-state index contributed by atoms with van der Waals surface area (Å²) in [6.45, 7) is 2.57. The molecule has 1 aliphatic heterocycles. The number of aromatic nitrogens is 4. The Labute approximate surface area is 153 Å². The molecule has 11 nitrogen and oxygen atoms in total. The summed E-state index contributed by atoms with van der Waals surface area (Å²) in [7, 11) is 0. The lowest BCUT2D eigenvalue weighted by atomic mass is 9.95. The Morgan fingerprint density at radius 2 is 2.15 bits per heavy atom. The lowest BCUT2D eigenvalue weighted by Gasteiger charge is -2.40. The molecule has 1 unspecified atom stereocenters. The molecule has 2 aromatic heterocycles. The summed E-state index contributed by atoms with van der Waals surface area (Å²) in [4.78, 5) is 37.1. The van der Waals surface area contributed by atoms with Crippen LogP contribution in [0.4, 0.5) is 5.82 Å². The minimum atomic E-state index is -1.88. The molecule has 0 radical (unpaired) electrons. The maximum Gasteiger partial charge on any atom is 0.348 e. The zero-order valence-electron chi connectivity index (χ0n) is 14.6. The second kappa shape index (κ2) is 7.11. The summed E-state index contributed by atoms with van der Waals surface area (Å²) in [5.41, 5.74) is -1.24.